The summed E-state index contributed by atoms with van der Waals surface area (Å²) in [7, 11) is 0. The Morgan fingerprint density at radius 1 is 1.26 bits per heavy atom. The maximum absolute atomic E-state index is 11.8. The summed E-state index contributed by atoms with van der Waals surface area (Å²) in [5.74, 6) is -0.423. The molecule has 1 atom stereocenters. The summed E-state index contributed by atoms with van der Waals surface area (Å²) in [6, 6.07) is 7.67. The van der Waals surface area contributed by atoms with Crippen molar-refractivity contribution in [1.82, 2.24) is 0 Å². The fraction of sp³-hybridized carbons (Fsp3) is 0.526. The van der Waals surface area contributed by atoms with Crippen LogP contribution in [0.1, 0.15) is 59.4 Å². The lowest BCUT2D eigenvalue weighted by atomic mass is 10.0. The lowest BCUT2D eigenvalue weighted by Crippen LogP contribution is -2.37. The van der Waals surface area contributed by atoms with Crippen LogP contribution in [-0.2, 0) is 14.4 Å². The first-order chi connectivity index (χ1) is 10.6. The topological polar surface area (TPSA) is 44.8 Å². The third-order valence-corrected chi connectivity index (χ3v) is 3.28. The minimum atomic E-state index is -1.17. The Bertz CT molecular complexity index is 548. The van der Waals surface area contributed by atoms with E-state index in [0.29, 0.717) is 23.7 Å². The molecule has 4 nitrogen and oxygen atoms in total. The van der Waals surface area contributed by atoms with Gasteiger partial charge < -0.3 is 9.62 Å². The van der Waals surface area contributed by atoms with Gasteiger partial charge >= 0.3 is 5.97 Å². The molecular formula is C19H28O4. The predicted molar refractivity (Wildman–Crippen MR) is 91.0 cm³/mol. The Morgan fingerprint density at radius 3 is 2.43 bits per heavy atom. The summed E-state index contributed by atoms with van der Waals surface area (Å²) in [6.07, 6.45) is 0.510. The Kier molecular flexibility index (Phi) is 6.82. The van der Waals surface area contributed by atoms with Crippen LogP contribution in [0.4, 0.5) is 0 Å². The molecule has 0 saturated heterocycles. The molecule has 0 amide bonds. The molecule has 1 rings (SSSR count). The van der Waals surface area contributed by atoms with Gasteiger partial charge in [0, 0.05) is 18.9 Å². The number of esters is 1. The standard InChI is InChI=1S/C19H28O4/c1-13(2)12-19(7,21-18(20)15(5)6)23-22-17-10-8-9-16(11-17)14(3)4/h8-11,13-14H,5,12H2,1-4,6-7H3. The van der Waals surface area contributed by atoms with Gasteiger partial charge in [-0.3, -0.25) is 0 Å². The van der Waals surface area contributed by atoms with Crippen LogP contribution in [0.25, 0.3) is 0 Å². The van der Waals surface area contributed by atoms with Crippen molar-refractivity contribution in [2.24, 2.45) is 5.92 Å². The van der Waals surface area contributed by atoms with Gasteiger partial charge in [-0.2, -0.15) is 0 Å². The summed E-state index contributed by atoms with van der Waals surface area (Å²) in [5, 5.41) is 0. The van der Waals surface area contributed by atoms with Gasteiger partial charge in [0.1, 0.15) is 0 Å². The van der Waals surface area contributed by atoms with Crippen LogP contribution in [0.3, 0.4) is 0 Å². The van der Waals surface area contributed by atoms with E-state index in [1.165, 1.54) is 0 Å². The van der Waals surface area contributed by atoms with E-state index < -0.39 is 11.8 Å². The van der Waals surface area contributed by atoms with E-state index >= 15 is 0 Å². The molecule has 0 spiro atoms. The Morgan fingerprint density at radius 2 is 1.91 bits per heavy atom. The second-order valence-corrected chi connectivity index (χ2v) is 6.80. The van der Waals surface area contributed by atoms with Crippen molar-refractivity contribution in [2.45, 2.75) is 59.7 Å². The highest BCUT2D eigenvalue weighted by atomic mass is 17.2. The molecule has 1 unspecified atom stereocenters. The van der Waals surface area contributed by atoms with Crippen LogP contribution in [0.2, 0.25) is 0 Å². The van der Waals surface area contributed by atoms with Gasteiger partial charge in [-0.25, -0.2) is 4.79 Å². The summed E-state index contributed by atoms with van der Waals surface area (Å²) in [4.78, 5) is 22.8. The van der Waals surface area contributed by atoms with Crippen molar-refractivity contribution in [3.63, 3.8) is 0 Å². The molecule has 0 aliphatic heterocycles. The molecule has 0 bridgehead atoms. The van der Waals surface area contributed by atoms with Crippen LogP contribution in [0, 0.1) is 5.92 Å². The van der Waals surface area contributed by atoms with E-state index in [4.69, 9.17) is 14.5 Å². The Labute approximate surface area is 139 Å². The number of hydrogen-bond donors (Lipinski definition) is 0. The van der Waals surface area contributed by atoms with Crippen molar-refractivity contribution in [1.29, 1.82) is 0 Å². The second-order valence-electron chi connectivity index (χ2n) is 6.80. The van der Waals surface area contributed by atoms with Crippen molar-refractivity contribution >= 4 is 5.97 Å². The van der Waals surface area contributed by atoms with E-state index in [9.17, 15) is 4.79 Å². The van der Waals surface area contributed by atoms with E-state index in [0.717, 1.165) is 5.56 Å². The molecule has 0 saturated carbocycles. The monoisotopic (exact) mass is 320 g/mol. The highest BCUT2D eigenvalue weighted by Gasteiger charge is 2.33. The van der Waals surface area contributed by atoms with E-state index in [1.807, 2.05) is 38.1 Å². The van der Waals surface area contributed by atoms with Gasteiger partial charge in [-0.1, -0.05) is 46.4 Å². The minimum absolute atomic E-state index is 0.267. The van der Waals surface area contributed by atoms with E-state index in [-0.39, 0.29) is 5.92 Å². The van der Waals surface area contributed by atoms with Crippen LogP contribution in [0.15, 0.2) is 36.4 Å². The average molecular weight is 320 g/mol. The molecular weight excluding hydrogens is 292 g/mol. The number of hydrogen-bond acceptors (Lipinski definition) is 4. The molecule has 0 aliphatic rings. The lowest BCUT2D eigenvalue weighted by Gasteiger charge is -2.29. The minimum Gasteiger partial charge on any atom is -0.426 e. The number of benzene rings is 1. The highest BCUT2D eigenvalue weighted by Crippen LogP contribution is 2.27. The summed E-state index contributed by atoms with van der Waals surface area (Å²) < 4.78 is 5.42. The van der Waals surface area contributed by atoms with E-state index in [1.54, 1.807) is 13.8 Å². The SMILES string of the molecule is C=C(C)C(=O)OC(C)(CC(C)C)OOc1cccc(C(C)C)c1. The maximum atomic E-state index is 11.8. The van der Waals surface area contributed by atoms with Crippen molar-refractivity contribution in [3.8, 4) is 5.75 Å². The average Bonchev–Trinajstić information content (AvgIpc) is 2.44. The van der Waals surface area contributed by atoms with E-state index in [2.05, 4.69) is 20.4 Å². The summed E-state index contributed by atoms with van der Waals surface area (Å²) in [5.41, 5.74) is 1.47. The third kappa shape index (κ3) is 6.45. The number of carbonyl (C=O) groups excluding carboxylic acids is 1. The molecule has 0 aliphatic carbocycles. The second kappa shape index (κ2) is 8.16. The summed E-state index contributed by atoms with van der Waals surface area (Å²) >= 11 is 0. The Hall–Kier alpha value is -1.81. The smallest absolute Gasteiger partial charge is 0.335 e. The molecule has 128 valence electrons. The van der Waals surface area contributed by atoms with Gasteiger partial charge in [0.2, 0.25) is 0 Å². The quantitative estimate of drug-likeness (QED) is 0.222. The number of ether oxygens (including phenoxy) is 1. The molecule has 0 aromatic heterocycles. The first-order valence-electron chi connectivity index (χ1n) is 7.97. The van der Waals surface area contributed by atoms with Crippen molar-refractivity contribution in [3.05, 3.63) is 42.0 Å². The Balaban J connectivity index is 2.83. The number of rotatable bonds is 8. The van der Waals surface area contributed by atoms with Crippen molar-refractivity contribution in [2.75, 3.05) is 0 Å². The zero-order valence-electron chi connectivity index (χ0n) is 15.0. The molecule has 1 aromatic carbocycles. The van der Waals surface area contributed by atoms with Gasteiger partial charge in [-0.05, 0) is 36.5 Å². The molecule has 0 heterocycles. The summed E-state index contributed by atoms with van der Waals surface area (Å²) in [6.45, 7) is 15.2. The highest BCUT2D eigenvalue weighted by molar-refractivity contribution is 5.87. The fourth-order valence-corrected chi connectivity index (χ4v) is 2.18. The molecule has 0 fully saturated rings. The van der Waals surface area contributed by atoms with Crippen molar-refractivity contribution < 1.29 is 19.3 Å². The molecule has 0 radical (unpaired) electrons. The van der Waals surface area contributed by atoms with Gasteiger partial charge in [0.25, 0.3) is 5.79 Å². The predicted octanol–water partition coefficient (Wildman–Crippen LogP) is 5.00. The maximum Gasteiger partial charge on any atom is 0.335 e. The first-order valence-corrected chi connectivity index (χ1v) is 7.97. The van der Waals surface area contributed by atoms with Crippen LogP contribution in [-0.4, -0.2) is 11.8 Å². The number of carbonyl (C=O) groups is 1. The molecule has 23 heavy (non-hydrogen) atoms. The third-order valence-electron chi connectivity index (χ3n) is 3.28. The largest absolute Gasteiger partial charge is 0.426 e. The van der Waals surface area contributed by atoms with Crippen LogP contribution in [0.5, 0.6) is 5.75 Å². The lowest BCUT2D eigenvalue weighted by molar-refractivity contribution is -0.365. The fourth-order valence-electron chi connectivity index (χ4n) is 2.18. The van der Waals surface area contributed by atoms with Gasteiger partial charge in [0.05, 0.1) is 0 Å². The molecule has 4 heteroatoms. The van der Waals surface area contributed by atoms with Crippen LogP contribution < -0.4 is 4.89 Å². The normalized spacial score (nSPS) is 13.7. The zero-order valence-corrected chi connectivity index (χ0v) is 15.0. The first kappa shape index (κ1) is 19.2. The van der Waals surface area contributed by atoms with Gasteiger partial charge in [-0.15, -0.1) is 4.89 Å². The molecule has 1 aromatic rings. The van der Waals surface area contributed by atoms with Gasteiger partial charge in [0.15, 0.2) is 5.75 Å². The zero-order chi connectivity index (χ0) is 17.6. The van der Waals surface area contributed by atoms with Crippen LogP contribution >= 0.6 is 0 Å². The molecule has 0 N–H and O–H groups in total.